The van der Waals surface area contributed by atoms with Crippen LogP contribution in [0.1, 0.15) is 24.8 Å². The zero-order valence-electron chi connectivity index (χ0n) is 11.3. The molecule has 0 aliphatic carbocycles. The molecule has 0 N–H and O–H groups in total. The molecule has 0 radical (unpaired) electrons. The van der Waals surface area contributed by atoms with Gasteiger partial charge in [0.25, 0.3) is 0 Å². The second-order valence-corrected chi connectivity index (χ2v) is 4.73. The summed E-state index contributed by atoms with van der Waals surface area (Å²) in [5.74, 6) is -1.27. The number of methoxy groups -OCH3 is 1. The van der Waals surface area contributed by atoms with Crippen LogP contribution in [0.5, 0.6) is 0 Å². The van der Waals surface area contributed by atoms with E-state index in [1.54, 1.807) is 0 Å². The van der Waals surface area contributed by atoms with E-state index < -0.39 is 11.8 Å². The zero-order chi connectivity index (χ0) is 14.0. The van der Waals surface area contributed by atoms with Gasteiger partial charge in [-0.05, 0) is 17.5 Å². The molecule has 4 nitrogen and oxygen atoms in total. The average molecular weight is 259 g/mol. The fourth-order valence-electron chi connectivity index (χ4n) is 2.35. The van der Waals surface area contributed by atoms with Crippen molar-refractivity contribution in [3.05, 3.63) is 36.0 Å². The Bertz CT molecular complexity index is 627. The molecule has 0 amide bonds. The van der Waals surface area contributed by atoms with Crippen molar-refractivity contribution in [2.45, 2.75) is 19.3 Å². The van der Waals surface area contributed by atoms with Gasteiger partial charge in [-0.2, -0.15) is 0 Å². The molecule has 0 aliphatic rings. The van der Waals surface area contributed by atoms with E-state index >= 15 is 0 Å². The van der Waals surface area contributed by atoms with Gasteiger partial charge in [0.15, 0.2) is 0 Å². The first kappa shape index (κ1) is 13.3. The molecule has 1 aromatic heterocycles. The maximum Gasteiger partial charge on any atom is 0.374 e. The van der Waals surface area contributed by atoms with Crippen LogP contribution in [0, 0.1) is 0 Å². The Balaban J connectivity index is 2.29. The molecule has 0 aliphatic heterocycles. The smallest absolute Gasteiger partial charge is 0.374 e. The summed E-state index contributed by atoms with van der Waals surface area (Å²) >= 11 is 0. The van der Waals surface area contributed by atoms with Crippen LogP contribution in [0.15, 0.2) is 30.5 Å². The van der Waals surface area contributed by atoms with Crippen molar-refractivity contribution in [2.24, 2.45) is 7.05 Å². The quantitative estimate of drug-likeness (QED) is 0.626. The molecule has 0 saturated heterocycles. The average Bonchev–Trinajstić information content (AvgIpc) is 2.76. The number of fused-ring (bicyclic) bond motifs is 1. The summed E-state index contributed by atoms with van der Waals surface area (Å²) in [7, 11) is 3.20. The maximum absolute atomic E-state index is 11.6. The van der Waals surface area contributed by atoms with Crippen molar-refractivity contribution in [2.75, 3.05) is 7.11 Å². The van der Waals surface area contributed by atoms with Crippen LogP contribution in [0.2, 0.25) is 0 Å². The number of ether oxygens (including phenoxy) is 1. The van der Waals surface area contributed by atoms with Crippen molar-refractivity contribution < 1.29 is 14.3 Å². The third-order valence-corrected chi connectivity index (χ3v) is 3.36. The Morgan fingerprint density at radius 1 is 1.32 bits per heavy atom. The summed E-state index contributed by atoms with van der Waals surface area (Å²) in [6.07, 6.45) is 2.18. The summed E-state index contributed by atoms with van der Waals surface area (Å²) in [6.45, 7) is 1.95. The SMILES string of the molecule is COC(=O)C(=O)C[C@@H](C)c1cn(C)c2ccccc12. The normalized spacial score (nSPS) is 12.4. The minimum atomic E-state index is -0.771. The number of aryl methyl sites for hydroxylation is 1. The van der Waals surface area contributed by atoms with Crippen molar-refractivity contribution in [1.29, 1.82) is 0 Å². The number of carbonyl (C=O) groups is 2. The zero-order valence-corrected chi connectivity index (χ0v) is 11.3. The molecule has 0 bridgehead atoms. The molecule has 2 aromatic rings. The van der Waals surface area contributed by atoms with Gasteiger partial charge in [-0.15, -0.1) is 0 Å². The highest BCUT2D eigenvalue weighted by atomic mass is 16.5. The molecule has 2 rings (SSSR count). The van der Waals surface area contributed by atoms with Gasteiger partial charge >= 0.3 is 5.97 Å². The van der Waals surface area contributed by atoms with E-state index in [9.17, 15) is 9.59 Å². The molecule has 100 valence electrons. The van der Waals surface area contributed by atoms with Crippen molar-refractivity contribution in [1.82, 2.24) is 4.57 Å². The number of para-hydroxylation sites is 1. The van der Waals surface area contributed by atoms with Gasteiger partial charge in [-0.1, -0.05) is 25.1 Å². The van der Waals surface area contributed by atoms with E-state index in [4.69, 9.17) is 0 Å². The Kier molecular flexibility index (Phi) is 3.69. The van der Waals surface area contributed by atoms with Crippen LogP contribution in [0.3, 0.4) is 0 Å². The van der Waals surface area contributed by atoms with Gasteiger partial charge in [0, 0.05) is 30.6 Å². The van der Waals surface area contributed by atoms with Crippen molar-refractivity contribution in [3.8, 4) is 0 Å². The predicted octanol–water partition coefficient (Wildman–Crippen LogP) is 2.41. The number of nitrogens with zero attached hydrogens (tertiary/aromatic N) is 1. The lowest BCUT2D eigenvalue weighted by Crippen LogP contribution is -2.17. The maximum atomic E-state index is 11.6. The van der Waals surface area contributed by atoms with Crippen LogP contribution in [0.25, 0.3) is 10.9 Å². The van der Waals surface area contributed by atoms with Crippen LogP contribution in [0.4, 0.5) is 0 Å². The first-order valence-corrected chi connectivity index (χ1v) is 6.19. The molecule has 1 heterocycles. The summed E-state index contributed by atoms with van der Waals surface area (Å²) in [5.41, 5.74) is 2.20. The Labute approximate surface area is 112 Å². The van der Waals surface area contributed by atoms with Gasteiger partial charge < -0.3 is 9.30 Å². The second-order valence-electron chi connectivity index (χ2n) is 4.73. The number of hydrogen-bond acceptors (Lipinski definition) is 3. The second kappa shape index (κ2) is 5.26. The summed E-state index contributed by atoms with van der Waals surface area (Å²) in [6, 6.07) is 8.02. The van der Waals surface area contributed by atoms with Crippen LogP contribution >= 0.6 is 0 Å². The number of aromatic nitrogens is 1. The Morgan fingerprint density at radius 2 is 2.00 bits per heavy atom. The number of esters is 1. The monoisotopic (exact) mass is 259 g/mol. The first-order chi connectivity index (χ1) is 9.04. The number of benzene rings is 1. The molecule has 1 atom stereocenters. The van der Waals surface area contributed by atoms with E-state index in [1.165, 1.54) is 7.11 Å². The molecule has 0 fully saturated rings. The van der Waals surface area contributed by atoms with E-state index in [2.05, 4.69) is 4.74 Å². The third kappa shape index (κ3) is 2.52. The number of ketones is 1. The topological polar surface area (TPSA) is 48.3 Å². The molecule has 19 heavy (non-hydrogen) atoms. The van der Waals surface area contributed by atoms with Gasteiger partial charge in [0.05, 0.1) is 7.11 Å². The largest absolute Gasteiger partial charge is 0.463 e. The molecule has 4 heteroatoms. The van der Waals surface area contributed by atoms with E-state index in [0.29, 0.717) is 0 Å². The lowest BCUT2D eigenvalue weighted by atomic mass is 9.95. The molecule has 0 spiro atoms. The minimum Gasteiger partial charge on any atom is -0.463 e. The van der Waals surface area contributed by atoms with Crippen LogP contribution in [-0.2, 0) is 21.4 Å². The third-order valence-electron chi connectivity index (χ3n) is 3.36. The number of hydrogen-bond donors (Lipinski definition) is 0. The number of carbonyl (C=O) groups excluding carboxylic acids is 2. The van der Waals surface area contributed by atoms with E-state index in [0.717, 1.165) is 16.5 Å². The Hall–Kier alpha value is -2.10. The lowest BCUT2D eigenvalue weighted by Gasteiger charge is -2.08. The lowest BCUT2D eigenvalue weighted by molar-refractivity contribution is -0.151. The number of rotatable bonds is 4. The molecular formula is C15H17NO3. The summed E-state index contributed by atoms with van der Waals surface area (Å²) in [4.78, 5) is 22.8. The number of Topliss-reactive ketones (excluding diaryl/α,β-unsaturated/α-hetero) is 1. The molecule has 1 aromatic carbocycles. The van der Waals surface area contributed by atoms with Crippen LogP contribution in [-0.4, -0.2) is 23.4 Å². The van der Waals surface area contributed by atoms with Crippen LogP contribution < -0.4 is 0 Å². The molecule has 0 saturated carbocycles. The van der Waals surface area contributed by atoms with Crippen molar-refractivity contribution >= 4 is 22.7 Å². The van der Waals surface area contributed by atoms with Gasteiger partial charge in [-0.25, -0.2) is 4.79 Å². The van der Waals surface area contributed by atoms with Crippen molar-refractivity contribution in [3.63, 3.8) is 0 Å². The first-order valence-electron chi connectivity index (χ1n) is 6.19. The highest BCUT2D eigenvalue weighted by Gasteiger charge is 2.20. The predicted molar refractivity (Wildman–Crippen MR) is 73.0 cm³/mol. The van der Waals surface area contributed by atoms with Gasteiger partial charge in [0.2, 0.25) is 5.78 Å². The Morgan fingerprint density at radius 3 is 2.68 bits per heavy atom. The van der Waals surface area contributed by atoms with Gasteiger partial charge in [-0.3, -0.25) is 4.79 Å². The summed E-state index contributed by atoms with van der Waals surface area (Å²) in [5, 5.41) is 1.12. The summed E-state index contributed by atoms with van der Waals surface area (Å²) < 4.78 is 6.48. The van der Waals surface area contributed by atoms with E-state index in [1.807, 2.05) is 49.0 Å². The standard InChI is InChI=1S/C15H17NO3/c1-10(8-14(17)15(18)19-3)12-9-16(2)13-7-5-4-6-11(12)13/h4-7,9-10H,8H2,1-3H3/t10-/m1/s1. The minimum absolute atomic E-state index is 0.0160. The molecular weight excluding hydrogens is 242 g/mol. The van der Waals surface area contributed by atoms with Gasteiger partial charge in [0.1, 0.15) is 0 Å². The van der Waals surface area contributed by atoms with E-state index in [-0.39, 0.29) is 12.3 Å². The highest BCUT2D eigenvalue weighted by Crippen LogP contribution is 2.29. The highest BCUT2D eigenvalue weighted by molar-refractivity contribution is 6.33. The fourth-order valence-corrected chi connectivity index (χ4v) is 2.35. The fraction of sp³-hybridized carbons (Fsp3) is 0.333. The molecule has 0 unspecified atom stereocenters.